The zero-order valence-corrected chi connectivity index (χ0v) is 14.5. The van der Waals surface area contributed by atoms with Gasteiger partial charge >= 0.3 is 5.97 Å². The van der Waals surface area contributed by atoms with E-state index in [2.05, 4.69) is 6.58 Å². The Bertz CT molecular complexity index is 655. The van der Waals surface area contributed by atoms with Gasteiger partial charge in [-0.15, -0.1) is 0 Å². The number of esters is 1. The van der Waals surface area contributed by atoms with Gasteiger partial charge in [0.2, 0.25) is 0 Å². The highest BCUT2D eigenvalue weighted by molar-refractivity contribution is 6.01. The van der Waals surface area contributed by atoms with Gasteiger partial charge in [-0.05, 0) is 19.9 Å². The van der Waals surface area contributed by atoms with Crippen molar-refractivity contribution in [3.63, 3.8) is 0 Å². The molecule has 3 N–H and O–H groups in total. The summed E-state index contributed by atoms with van der Waals surface area (Å²) in [5.74, 6) is -0.276. The third kappa shape index (κ3) is 4.26. The summed E-state index contributed by atoms with van der Waals surface area (Å²) in [6, 6.07) is 1.54. The molecule has 0 atom stereocenters. The Morgan fingerprint density at radius 1 is 1.38 bits per heavy atom. The normalized spacial score (nSPS) is 10.2. The van der Waals surface area contributed by atoms with E-state index in [-0.39, 0.29) is 24.7 Å². The number of ketones is 1. The first-order chi connectivity index (χ1) is 11.2. The number of nitrogen functional groups attached to an aromatic ring is 1. The molecule has 7 nitrogen and oxygen atoms in total. The van der Waals surface area contributed by atoms with E-state index in [0.717, 1.165) is 0 Å². The maximum atomic E-state index is 11.7. The van der Waals surface area contributed by atoms with E-state index in [1.165, 1.54) is 14.0 Å². The molecular weight excluding hydrogens is 312 g/mol. The van der Waals surface area contributed by atoms with Crippen molar-refractivity contribution in [2.45, 2.75) is 20.5 Å². The molecule has 24 heavy (non-hydrogen) atoms. The molecule has 0 unspecified atom stereocenters. The number of hydrogen-bond donors (Lipinski definition) is 2. The second-order valence-corrected chi connectivity index (χ2v) is 5.42. The SMILES string of the molecule is C=C(C)C(=O)OCCN(C)c1c(OC)cc(C(C)=O)c(N)c1CO. The monoisotopic (exact) mass is 336 g/mol. The number of Topliss-reactive ketones (excluding diaryl/α,β-unsaturated/α-hetero) is 1. The molecule has 0 aromatic heterocycles. The van der Waals surface area contributed by atoms with E-state index < -0.39 is 5.97 Å². The molecule has 0 amide bonds. The van der Waals surface area contributed by atoms with Crippen molar-refractivity contribution in [1.82, 2.24) is 0 Å². The summed E-state index contributed by atoms with van der Waals surface area (Å²) in [6.45, 7) is 6.60. The number of anilines is 2. The Kier molecular flexibility index (Phi) is 6.79. The quantitative estimate of drug-likeness (QED) is 0.321. The minimum Gasteiger partial charge on any atom is -0.495 e. The molecule has 0 aliphatic carbocycles. The van der Waals surface area contributed by atoms with Crippen LogP contribution in [0.2, 0.25) is 0 Å². The Hall–Kier alpha value is -2.54. The Morgan fingerprint density at radius 2 is 2.00 bits per heavy atom. The number of nitrogens with zero attached hydrogens (tertiary/aromatic N) is 1. The number of carbonyl (C=O) groups is 2. The number of aliphatic hydroxyl groups is 1. The highest BCUT2D eigenvalue weighted by Crippen LogP contribution is 2.38. The maximum absolute atomic E-state index is 11.7. The molecule has 0 aliphatic heterocycles. The lowest BCUT2D eigenvalue weighted by Gasteiger charge is -2.26. The maximum Gasteiger partial charge on any atom is 0.333 e. The molecular formula is C17H24N2O5. The predicted molar refractivity (Wildman–Crippen MR) is 92.4 cm³/mol. The molecule has 1 rings (SSSR count). The first kappa shape index (κ1) is 19.5. The van der Waals surface area contributed by atoms with Gasteiger partial charge in [0.25, 0.3) is 0 Å². The molecule has 7 heteroatoms. The summed E-state index contributed by atoms with van der Waals surface area (Å²) in [5.41, 5.74) is 7.79. The Labute approximate surface area is 141 Å². The number of rotatable bonds is 8. The van der Waals surface area contributed by atoms with Gasteiger partial charge < -0.3 is 25.2 Å². The van der Waals surface area contributed by atoms with Crippen molar-refractivity contribution >= 4 is 23.1 Å². The zero-order chi connectivity index (χ0) is 18.4. The van der Waals surface area contributed by atoms with Crippen molar-refractivity contribution < 1.29 is 24.2 Å². The fourth-order valence-corrected chi connectivity index (χ4v) is 2.25. The minimum atomic E-state index is -0.468. The third-order valence-corrected chi connectivity index (χ3v) is 3.56. The second kappa shape index (κ2) is 8.35. The zero-order valence-electron chi connectivity index (χ0n) is 14.5. The van der Waals surface area contributed by atoms with Crippen molar-refractivity contribution in [2.75, 3.05) is 37.9 Å². The van der Waals surface area contributed by atoms with Gasteiger partial charge in [-0.25, -0.2) is 4.79 Å². The van der Waals surface area contributed by atoms with Gasteiger partial charge in [-0.2, -0.15) is 0 Å². The lowest BCUT2D eigenvalue weighted by atomic mass is 10.0. The molecule has 0 spiro atoms. The van der Waals surface area contributed by atoms with E-state index in [0.29, 0.717) is 34.7 Å². The van der Waals surface area contributed by atoms with Crippen LogP contribution in [-0.2, 0) is 16.1 Å². The van der Waals surface area contributed by atoms with Crippen LogP contribution in [0, 0.1) is 0 Å². The highest BCUT2D eigenvalue weighted by Gasteiger charge is 2.21. The van der Waals surface area contributed by atoms with Gasteiger partial charge in [-0.3, -0.25) is 4.79 Å². The number of hydrogen-bond acceptors (Lipinski definition) is 7. The smallest absolute Gasteiger partial charge is 0.333 e. The predicted octanol–water partition coefficient (Wildman–Crippen LogP) is 1.53. The Morgan fingerprint density at radius 3 is 2.46 bits per heavy atom. The summed E-state index contributed by atoms with van der Waals surface area (Å²) in [4.78, 5) is 24.9. The average molecular weight is 336 g/mol. The molecule has 0 saturated carbocycles. The topological polar surface area (TPSA) is 102 Å². The van der Waals surface area contributed by atoms with Crippen LogP contribution >= 0.6 is 0 Å². The second-order valence-electron chi connectivity index (χ2n) is 5.42. The number of aliphatic hydroxyl groups excluding tert-OH is 1. The molecule has 0 heterocycles. The van der Waals surface area contributed by atoms with Crippen LogP contribution in [0.4, 0.5) is 11.4 Å². The molecule has 1 aromatic rings. The summed E-state index contributed by atoms with van der Waals surface area (Å²) >= 11 is 0. The highest BCUT2D eigenvalue weighted by atomic mass is 16.5. The standard InChI is InChI=1S/C17H24N2O5/c1-10(2)17(22)24-7-6-19(4)16-13(9-20)15(18)12(11(3)21)8-14(16)23-5/h8,20H,1,6-7,9,18H2,2-5H3. The third-order valence-electron chi connectivity index (χ3n) is 3.56. The van der Waals surface area contributed by atoms with Crippen molar-refractivity contribution in [3.05, 3.63) is 29.3 Å². The van der Waals surface area contributed by atoms with E-state index in [1.807, 2.05) is 0 Å². The van der Waals surface area contributed by atoms with E-state index in [9.17, 15) is 14.7 Å². The van der Waals surface area contributed by atoms with E-state index in [4.69, 9.17) is 15.2 Å². The van der Waals surface area contributed by atoms with E-state index >= 15 is 0 Å². The van der Waals surface area contributed by atoms with Crippen molar-refractivity contribution in [2.24, 2.45) is 0 Å². The van der Waals surface area contributed by atoms with Gasteiger partial charge in [0, 0.05) is 23.7 Å². The van der Waals surface area contributed by atoms with Crippen LogP contribution < -0.4 is 15.4 Å². The number of carbonyl (C=O) groups excluding carboxylic acids is 2. The molecule has 0 bridgehead atoms. The summed E-state index contributed by atoms with van der Waals surface area (Å²) in [5, 5.41) is 9.69. The van der Waals surface area contributed by atoms with Crippen LogP contribution in [0.3, 0.4) is 0 Å². The average Bonchev–Trinajstić information content (AvgIpc) is 2.53. The summed E-state index contributed by atoms with van der Waals surface area (Å²) in [7, 11) is 3.22. The lowest BCUT2D eigenvalue weighted by Crippen LogP contribution is -2.26. The van der Waals surface area contributed by atoms with Crippen LogP contribution in [0.5, 0.6) is 5.75 Å². The first-order valence-electron chi connectivity index (χ1n) is 7.39. The first-order valence-corrected chi connectivity index (χ1v) is 7.39. The van der Waals surface area contributed by atoms with Crippen LogP contribution in [-0.4, -0.2) is 44.2 Å². The Balaban J connectivity index is 3.12. The van der Waals surface area contributed by atoms with Crippen molar-refractivity contribution in [1.29, 1.82) is 0 Å². The van der Waals surface area contributed by atoms with Crippen LogP contribution in [0.15, 0.2) is 18.2 Å². The molecule has 132 valence electrons. The summed E-state index contributed by atoms with van der Waals surface area (Å²) < 4.78 is 10.4. The van der Waals surface area contributed by atoms with E-state index in [1.54, 1.807) is 24.9 Å². The lowest BCUT2D eigenvalue weighted by molar-refractivity contribution is -0.138. The van der Waals surface area contributed by atoms with Crippen LogP contribution in [0.25, 0.3) is 0 Å². The van der Waals surface area contributed by atoms with Crippen molar-refractivity contribution in [3.8, 4) is 5.75 Å². The van der Waals surface area contributed by atoms with Gasteiger partial charge in [0.1, 0.15) is 12.4 Å². The fraction of sp³-hybridized carbons (Fsp3) is 0.412. The number of methoxy groups -OCH3 is 1. The number of ether oxygens (including phenoxy) is 2. The van der Waals surface area contributed by atoms with Gasteiger partial charge in [-0.1, -0.05) is 6.58 Å². The van der Waals surface area contributed by atoms with Gasteiger partial charge in [0.15, 0.2) is 5.78 Å². The fourth-order valence-electron chi connectivity index (χ4n) is 2.25. The molecule has 0 fully saturated rings. The minimum absolute atomic E-state index is 0.130. The molecule has 0 saturated heterocycles. The molecule has 0 aliphatic rings. The summed E-state index contributed by atoms with van der Waals surface area (Å²) in [6.07, 6.45) is 0. The number of likely N-dealkylation sites (N-methyl/N-ethyl adjacent to an activating group) is 1. The molecule has 1 aromatic carbocycles. The largest absolute Gasteiger partial charge is 0.495 e. The number of nitrogens with two attached hydrogens (primary N) is 1. The van der Waals surface area contributed by atoms with Crippen LogP contribution in [0.1, 0.15) is 29.8 Å². The van der Waals surface area contributed by atoms with Gasteiger partial charge in [0.05, 0.1) is 31.6 Å². The number of benzene rings is 1. The molecule has 0 radical (unpaired) electrons.